The van der Waals surface area contributed by atoms with E-state index in [9.17, 15) is 4.79 Å². The topological polar surface area (TPSA) is 65.0 Å². The molecule has 1 atom stereocenters. The first-order valence-electron chi connectivity index (χ1n) is 6.04. The lowest BCUT2D eigenvalue weighted by Gasteiger charge is -2.27. The van der Waals surface area contributed by atoms with Crippen molar-refractivity contribution in [1.82, 2.24) is 0 Å². The first-order valence-corrected chi connectivity index (χ1v) is 8.56. The minimum Gasteiger partial charge on any atom is -0.463 e. The van der Waals surface area contributed by atoms with Crippen molar-refractivity contribution in [2.75, 3.05) is 26.4 Å². The summed E-state index contributed by atoms with van der Waals surface area (Å²) in [6, 6.07) is 0.568. The molecule has 17 heavy (non-hydrogen) atoms. The summed E-state index contributed by atoms with van der Waals surface area (Å²) in [5.74, 6) is -0.575. The zero-order valence-electron chi connectivity index (χ0n) is 11.2. The Morgan fingerprint density at radius 2 is 1.82 bits per heavy atom. The Morgan fingerprint density at radius 1 is 1.29 bits per heavy atom. The molecule has 102 valence electrons. The predicted octanol–water partition coefficient (Wildman–Crippen LogP) is 1.30. The van der Waals surface area contributed by atoms with E-state index in [4.69, 9.17) is 18.7 Å². The lowest BCUT2D eigenvalue weighted by atomic mass is 10.2. The van der Waals surface area contributed by atoms with Crippen molar-refractivity contribution in [3.05, 3.63) is 0 Å². The molecule has 0 bridgehead atoms. The number of rotatable bonds is 9. The molecule has 0 saturated heterocycles. The average Bonchev–Trinajstić information content (AvgIpc) is 2.26. The summed E-state index contributed by atoms with van der Waals surface area (Å²) in [6.07, 6.45) is 0. The summed E-state index contributed by atoms with van der Waals surface area (Å²) >= 11 is 0. The maximum atomic E-state index is 11.6. The van der Waals surface area contributed by atoms with Crippen LogP contribution in [0.1, 0.15) is 20.8 Å². The van der Waals surface area contributed by atoms with Crippen LogP contribution in [0.2, 0.25) is 12.6 Å². The van der Waals surface area contributed by atoms with Gasteiger partial charge in [0.25, 0.3) is 0 Å². The molecule has 0 aromatic rings. The van der Waals surface area contributed by atoms with Crippen molar-refractivity contribution in [3.8, 4) is 0 Å². The first-order chi connectivity index (χ1) is 7.99. The van der Waals surface area contributed by atoms with Crippen molar-refractivity contribution in [2.24, 2.45) is 5.92 Å². The highest BCUT2D eigenvalue weighted by Crippen LogP contribution is 2.20. The van der Waals surface area contributed by atoms with Gasteiger partial charge in [-0.05, 0) is 20.4 Å². The summed E-state index contributed by atoms with van der Waals surface area (Å²) in [4.78, 5) is 11.6. The molecule has 0 rings (SSSR count). The summed E-state index contributed by atoms with van der Waals surface area (Å²) in [5.41, 5.74) is 0. The normalized spacial score (nSPS) is 13.5. The van der Waals surface area contributed by atoms with E-state index in [1.165, 1.54) is 0 Å². The van der Waals surface area contributed by atoms with Crippen molar-refractivity contribution in [2.45, 2.75) is 33.4 Å². The van der Waals surface area contributed by atoms with E-state index in [0.717, 1.165) is 0 Å². The fourth-order valence-corrected chi connectivity index (χ4v) is 4.52. The van der Waals surface area contributed by atoms with E-state index in [2.05, 4.69) is 0 Å². The fourth-order valence-electron chi connectivity index (χ4n) is 1.70. The van der Waals surface area contributed by atoms with Crippen LogP contribution in [-0.4, -0.2) is 46.1 Å². The zero-order chi connectivity index (χ0) is 13.3. The lowest BCUT2D eigenvalue weighted by molar-refractivity contribution is -0.148. The van der Waals surface area contributed by atoms with Crippen LogP contribution in [0.5, 0.6) is 0 Å². The zero-order valence-corrected chi connectivity index (χ0v) is 12.2. The average molecular weight is 264 g/mol. The van der Waals surface area contributed by atoms with Gasteiger partial charge in [0.05, 0.1) is 12.5 Å². The third kappa shape index (κ3) is 6.77. The Labute approximate surface area is 104 Å². The van der Waals surface area contributed by atoms with Gasteiger partial charge in [-0.25, -0.2) is 0 Å². The number of esters is 1. The second kappa shape index (κ2) is 8.63. The van der Waals surface area contributed by atoms with E-state index in [0.29, 0.717) is 19.3 Å². The molecule has 5 nitrogen and oxygen atoms in total. The smallest absolute Gasteiger partial charge is 0.335 e. The molecule has 0 fully saturated rings. The van der Waals surface area contributed by atoms with E-state index in [1.807, 2.05) is 20.4 Å². The Balaban J connectivity index is 4.28. The van der Waals surface area contributed by atoms with Gasteiger partial charge in [-0.3, -0.25) is 4.79 Å². The number of carbonyl (C=O) groups excluding carboxylic acids is 1. The number of hydrogen-bond acceptors (Lipinski definition) is 5. The largest absolute Gasteiger partial charge is 0.463 e. The van der Waals surface area contributed by atoms with Crippen molar-refractivity contribution in [1.29, 1.82) is 0 Å². The van der Waals surface area contributed by atoms with E-state index in [-0.39, 0.29) is 25.1 Å². The van der Waals surface area contributed by atoms with Gasteiger partial charge in [0.15, 0.2) is 0 Å². The van der Waals surface area contributed by atoms with E-state index < -0.39 is 8.56 Å². The Morgan fingerprint density at radius 3 is 2.24 bits per heavy atom. The molecule has 0 aliphatic rings. The summed E-state index contributed by atoms with van der Waals surface area (Å²) in [6.45, 7) is 8.65. The molecule has 0 aromatic heterocycles. The van der Waals surface area contributed by atoms with Gasteiger partial charge in [-0.15, -0.1) is 0 Å². The minimum absolute atomic E-state index is 0.0463. The highest BCUT2D eigenvalue weighted by atomic mass is 28.4. The summed E-state index contributed by atoms with van der Waals surface area (Å²) in [5, 5.41) is 8.58. The van der Waals surface area contributed by atoms with Crippen LogP contribution in [0.15, 0.2) is 0 Å². The first kappa shape index (κ1) is 16.6. The minimum atomic E-state index is -2.28. The molecule has 0 spiro atoms. The molecule has 0 heterocycles. The molecule has 0 aliphatic carbocycles. The molecule has 0 radical (unpaired) electrons. The molecule has 6 heteroatoms. The number of aliphatic hydroxyl groups is 1. The molecule has 0 amide bonds. The lowest BCUT2D eigenvalue weighted by Crippen LogP contribution is -2.41. The Hall–Kier alpha value is -0.433. The molecule has 0 aromatic carbocycles. The molecule has 1 N–H and O–H groups in total. The SMILES string of the molecule is CCO[Si](C)(CC(C)C(=O)OCCO)OCC. The van der Waals surface area contributed by atoms with E-state index >= 15 is 0 Å². The fraction of sp³-hybridized carbons (Fsp3) is 0.909. The third-order valence-electron chi connectivity index (χ3n) is 2.31. The van der Waals surface area contributed by atoms with Crippen molar-refractivity contribution < 1.29 is 23.5 Å². The van der Waals surface area contributed by atoms with Crippen LogP contribution in [0.25, 0.3) is 0 Å². The number of hydrogen-bond donors (Lipinski definition) is 1. The maximum absolute atomic E-state index is 11.6. The van der Waals surface area contributed by atoms with Gasteiger partial charge < -0.3 is 18.7 Å². The highest BCUT2D eigenvalue weighted by molar-refractivity contribution is 6.66. The Bertz CT molecular complexity index is 216. The van der Waals surface area contributed by atoms with Crippen LogP contribution < -0.4 is 0 Å². The predicted molar refractivity (Wildman–Crippen MR) is 66.9 cm³/mol. The second-order valence-electron chi connectivity index (χ2n) is 4.00. The van der Waals surface area contributed by atoms with Gasteiger partial charge in [0.2, 0.25) is 0 Å². The Kier molecular flexibility index (Phi) is 8.41. The van der Waals surface area contributed by atoms with Crippen LogP contribution >= 0.6 is 0 Å². The molecular formula is C11H24O5Si. The monoisotopic (exact) mass is 264 g/mol. The maximum Gasteiger partial charge on any atom is 0.335 e. The number of carbonyl (C=O) groups is 1. The van der Waals surface area contributed by atoms with Crippen molar-refractivity contribution in [3.63, 3.8) is 0 Å². The van der Waals surface area contributed by atoms with Gasteiger partial charge >= 0.3 is 14.5 Å². The number of aliphatic hydroxyl groups excluding tert-OH is 1. The summed E-state index contributed by atoms with van der Waals surface area (Å²) in [7, 11) is -2.28. The molecule has 1 unspecified atom stereocenters. The molecule has 0 saturated carbocycles. The second-order valence-corrected chi connectivity index (χ2v) is 7.25. The van der Waals surface area contributed by atoms with Crippen LogP contribution in [0.3, 0.4) is 0 Å². The van der Waals surface area contributed by atoms with Crippen LogP contribution in [0.4, 0.5) is 0 Å². The van der Waals surface area contributed by atoms with Gasteiger partial charge in [0, 0.05) is 19.3 Å². The quantitative estimate of drug-likeness (QED) is 0.502. The van der Waals surface area contributed by atoms with Crippen molar-refractivity contribution >= 4 is 14.5 Å². The molecular weight excluding hydrogens is 240 g/mol. The third-order valence-corrected chi connectivity index (χ3v) is 5.47. The standard InChI is InChI=1S/C11H24O5Si/c1-5-15-17(4,16-6-2)9-10(3)11(13)14-8-7-12/h10,12H,5-9H2,1-4H3. The van der Waals surface area contributed by atoms with Crippen LogP contribution in [0, 0.1) is 5.92 Å². The summed E-state index contributed by atoms with van der Waals surface area (Å²) < 4.78 is 16.2. The van der Waals surface area contributed by atoms with Gasteiger partial charge in [0.1, 0.15) is 6.61 Å². The van der Waals surface area contributed by atoms with Gasteiger partial charge in [-0.1, -0.05) is 6.92 Å². The number of ether oxygens (including phenoxy) is 1. The van der Waals surface area contributed by atoms with E-state index in [1.54, 1.807) is 6.92 Å². The van der Waals surface area contributed by atoms with Crippen LogP contribution in [-0.2, 0) is 18.4 Å². The highest BCUT2D eigenvalue weighted by Gasteiger charge is 2.35. The molecule has 0 aliphatic heterocycles. The van der Waals surface area contributed by atoms with Gasteiger partial charge in [-0.2, -0.15) is 0 Å².